The second-order valence-electron chi connectivity index (χ2n) is 8.45. The van der Waals surface area contributed by atoms with Gasteiger partial charge in [0.05, 0.1) is 0 Å². The smallest absolute Gasteiger partial charge is 0.101 e. The van der Waals surface area contributed by atoms with Crippen molar-refractivity contribution in [3.05, 3.63) is 24.3 Å². The van der Waals surface area contributed by atoms with E-state index in [1.165, 1.54) is 37.7 Å². The van der Waals surface area contributed by atoms with E-state index in [0.29, 0.717) is 16.7 Å². The lowest BCUT2D eigenvalue weighted by Gasteiger charge is -2.59. The molecule has 0 heterocycles. The zero-order valence-electron chi connectivity index (χ0n) is 13.4. The molecule has 20 heavy (non-hydrogen) atoms. The van der Waals surface area contributed by atoms with Gasteiger partial charge in [0.2, 0.25) is 0 Å². The summed E-state index contributed by atoms with van der Waals surface area (Å²) in [4.78, 5) is 0. The van der Waals surface area contributed by atoms with E-state index in [-0.39, 0.29) is 0 Å². The molecule has 0 aliphatic heterocycles. The Bertz CT molecular complexity index is 447. The van der Waals surface area contributed by atoms with Crippen LogP contribution in [0.2, 0.25) is 0 Å². The van der Waals surface area contributed by atoms with Gasteiger partial charge in [0.1, 0.15) is 5.60 Å². The van der Waals surface area contributed by atoms with Gasteiger partial charge in [0.15, 0.2) is 0 Å². The number of fused-ring (bicyclic) bond motifs is 3. The van der Waals surface area contributed by atoms with Crippen LogP contribution < -0.4 is 0 Å². The summed E-state index contributed by atoms with van der Waals surface area (Å²) in [6.45, 7) is 11.3. The Kier molecular flexibility index (Phi) is 3.21. The summed E-state index contributed by atoms with van der Waals surface area (Å²) in [6.07, 6.45) is 12.5. The minimum absolute atomic E-state index is 0.453. The molecule has 2 unspecified atom stereocenters. The van der Waals surface area contributed by atoms with Gasteiger partial charge in [0, 0.05) is 0 Å². The van der Waals surface area contributed by atoms with Gasteiger partial charge in [-0.05, 0) is 67.3 Å². The second kappa shape index (κ2) is 4.47. The Morgan fingerprint density at radius 3 is 2.65 bits per heavy atom. The zero-order valence-corrected chi connectivity index (χ0v) is 13.4. The summed E-state index contributed by atoms with van der Waals surface area (Å²) in [5.41, 5.74) is 1.73. The van der Waals surface area contributed by atoms with Crippen molar-refractivity contribution in [2.24, 2.45) is 22.7 Å². The molecule has 0 aromatic heterocycles. The molecule has 1 nitrogen and oxygen atoms in total. The number of aliphatic hydroxyl groups is 1. The van der Waals surface area contributed by atoms with Crippen LogP contribution in [0.4, 0.5) is 0 Å². The van der Waals surface area contributed by atoms with Gasteiger partial charge in [-0.25, -0.2) is 0 Å². The van der Waals surface area contributed by atoms with Crippen molar-refractivity contribution in [1.82, 2.24) is 0 Å². The molecule has 112 valence electrons. The Labute approximate surface area is 124 Å². The number of rotatable bonds is 1. The number of hydrogen-bond donors (Lipinski definition) is 1. The van der Waals surface area contributed by atoms with Crippen molar-refractivity contribution in [1.29, 1.82) is 0 Å². The van der Waals surface area contributed by atoms with Gasteiger partial charge in [-0.3, -0.25) is 0 Å². The van der Waals surface area contributed by atoms with Crippen molar-refractivity contribution in [2.75, 3.05) is 0 Å². The summed E-state index contributed by atoms with van der Waals surface area (Å²) in [5, 5.41) is 10.5. The van der Waals surface area contributed by atoms with E-state index in [1.54, 1.807) is 6.08 Å². The predicted molar refractivity (Wildman–Crippen MR) is 84.4 cm³/mol. The average molecular weight is 274 g/mol. The Balaban J connectivity index is 1.97. The molecular weight excluding hydrogens is 244 g/mol. The number of hydrogen-bond acceptors (Lipinski definition) is 1. The maximum absolute atomic E-state index is 10.5. The van der Waals surface area contributed by atoms with Gasteiger partial charge in [0.25, 0.3) is 0 Å². The minimum Gasteiger partial charge on any atom is -0.382 e. The summed E-state index contributed by atoms with van der Waals surface area (Å²) in [7, 11) is 0. The lowest BCUT2D eigenvalue weighted by molar-refractivity contribution is -0.0629. The largest absolute Gasteiger partial charge is 0.382 e. The minimum atomic E-state index is -0.737. The summed E-state index contributed by atoms with van der Waals surface area (Å²) in [5.74, 6) is 1.54. The quantitative estimate of drug-likeness (QED) is 0.677. The van der Waals surface area contributed by atoms with Crippen molar-refractivity contribution in [3.63, 3.8) is 0 Å². The van der Waals surface area contributed by atoms with E-state index >= 15 is 0 Å². The topological polar surface area (TPSA) is 20.2 Å². The van der Waals surface area contributed by atoms with E-state index in [0.717, 1.165) is 18.8 Å². The van der Waals surface area contributed by atoms with E-state index in [4.69, 9.17) is 0 Å². The van der Waals surface area contributed by atoms with E-state index in [1.807, 2.05) is 0 Å². The first-order chi connectivity index (χ1) is 9.31. The van der Waals surface area contributed by atoms with Crippen molar-refractivity contribution in [2.45, 2.75) is 71.3 Å². The molecular formula is C19H30O. The first-order valence-corrected chi connectivity index (χ1v) is 8.38. The standard InChI is InChI=1S/C19H30O/c1-5-19(20)12-9-15-14(13-19)7-8-16-17(2,3)10-6-11-18(15,16)4/h5,13,15-16,20H,1,6-12H2,2-4H3/t15?,16?,18-,19-/m1/s1. The van der Waals surface area contributed by atoms with Crippen LogP contribution in [-0.2, 0) is 0 Å². The molecule has 3 aliphatic rings. The average Bonchev–Trinajstić information content (AvgIpc) is 2.37. The van der Waals surface area contributed by atoms with Crippen molar-refractivity contribution < 1.29 is 5.11 Å². The lowest BCUT2D eigenvalue weighted by Crippen LogP contribution is -2.51. The fraction of sp³-hybridized carbons (Fsp3) is 0.789. The van der Waals surface area contributed by atoms with Crippen LogP contribution in [0, 0.1) is 22.7 Å². The molecule has 0 spiro atoms. The Morgan fingerprint density at radius 1 is 1.20 bits per heavy atom. The number of allylic oxidation sites excluding steroid dienone is 1. The van der Waals surface area contributed by atoms with Gasteiger partial charge < -0.3 is 5.11 Å². The molecule has 3 rings (SSSR count). The fourth-order valence-electron chi connectivity index (χ4n) is 5.83. The van der Waals surface area contributed by atoms with Crippen molar-refractivity contribution >= 4 is 0 Å². The first-order valence-electron chi connectivity index (χ1n) is 8.38. The summed E-state index contributed by atoms with van der Waals surface area (Å²) in [6, 6.07) is 0. The molecule has 0 radical (unpaired) electrons. The molecule has 1 N–H and O–H groups in total. The van der Waals surface area contributed by atoms with Gasteiger partial charge >= 0.3 is 0 Å². The SMILES string of the molecule is C=C[C@]1(O)C=C2CCC3C(C)(C)CCC[C@]3(C)C2CC1. The van der Waals surface area contributed by atoms with Crippen LogP contribution in [0.15, 0.2) is 24.3 Å². The third kappa shape index (κ3) is 2.01. The monoisotopic (exact) mass is 274 g/mol. The normalized spacial score (nSPS) is 46.9. The molecule has 0 bridgehead atoms. The van der Waals surface area contributed by atoms with E-state index in [2.05, 4.69) is 33.4 Å². The highest BCUT2D eigenvalue weighted by Gasteiger charge is 2.54. The van der Waals surface area contributed by atoms with Gasteiger partial charge in [-0.15, -0.1) is 0 Å². The molecule has 0 aromatic rings. The molecule has 3 aliphatic carbocycles. The zero-order chi connectivity index (χ0) is 14.6. The van der Waals surface area contributed by atoms with Gasteiger partial charge in [-0.2, -0.15) is 0 Å². The third-order valence-corrected chi connectivity index (χ3v) is 6.86. The van der Waals surface area contributed by atoms with E-state index < -0.39 is 5.60 Å². The van der Waals surface area contributed by atoms with Crippen LogP contribution in [0.5, 0.6) is 0 Å². The second-order valence-corrected chi connectivity index (χ2v) is 8.45. The highest BCUT2D eigenvalue weighted by molar-refractivity contribution is 5.28. The highest BCUT2D eigenvalue weighted by Crippen LogP contribution is 2.63. The van der Waals surface area contributed by atoms with Crippen LogP contribution in [0.25, 0.3) is 0 Å². The first kappa shape index (κ1) is 14.4. The third-order valence-electron chi connectivity index (χ3n) is 6.86. The van der Waals surface area contributed by atoms with Crippen LogP contribution in [-0.4, -0.2) is 10.7 Å². The summed E-state index contributed by atoms with van der Waals surface area (Å²) < 4.78 is 0. The molecule has 4 atom stereocenters. The molecule has 2 saturated carbocycles. The van der Waals surface area contributed by atoms with Crippen molar-refractivity contribution in [3.8, 4) is 0 Å². The highest BCUT2D eigenvalue weighted by atomic mass is 16.3. The summed E-state index contributed by atoms with van der Waals surface area (Å²) >= 11 is 0. The Hall–Kier alpha value is -0.560. The van der Waals surface area contributed by atoms with E-state index in [9.17, 15) is 5.11 Å². The predicted octanol–water partition coefficient (Wildman–Crippen LogP) is 4.87. The molecule has 0 aromatic carbocycles. The molecule has 1 heteroatoms. The van der Waals surface area contributed by atoms with Crippen LogP contribution >= 0.6 is 0 Å². The lowest BCUT2D eigenvalue weighted by atomic mass is 9.46. The molecule has 0 saturated heterocycles. The molecule has 0 amide bonds. The molecule has 2 fully saturated rings. The van der Waals surface area contributed by atoms with Gasteiger partial charge in [-0.1, -0.05) is 45.4 Å². The Morgan fingerprint density at radius 2 is 1.95 bits per heavy atom. The maximum atomic E-state index is 10.5. The van der Waals surface area contributed by atoms with Crippen LogP contribution in [0.3, 0.4) is 0 Å². The van der Waals surface area contributed by atoms with Crippen LogP contribution in [0.1, 0.15) is 65.7 Å². The fourth-order valence-corrected chi connectivity index (χ4v) is 5.83. The maximum Gasteiger partial charge on any atom is 0.101 e.